The van der Waals surface area contributed by atoms with Gasteiger partial charge in [-0.3, -0.25) is 4.90 Å². The molecular formula is C21H27NO3. The molecule has 1 unspecified atom stereocenters. The summed E-state index contributed by atoms with van der Waals surface area (Å²) in [6, 6.07) is 15.0. The maximum Gasteiger partial charge on any atom is 0.127 e. The molecule has 0 saturated heterocycles. The normalized spacial score (nSPS) is 15.2. The molecule has 1 aliphatic rings. The summed E-state index contributed by atoms with van der Waals surface area (Å²) >= 11 is 0. The van der Waals surface area contributed by atoms with Crippen LogP contribution in [0.15, 0.2) is 42.5 Å². The van der Waals surface area contributed by atoms with Crippen LogP contribution in [-0.4, -0.2) is 42.9 Å². The van der Waals surface area contributed by atoms with Crippen molar-refractivity contribution in [2.45, 2.75) is 38.5 Å². The monoisotopic (exact) mass is 341 g/mol. The maximum atomic E-state index is 9.99. The maximum absolute atomic E-state index is 9.99. The number of aliphatic hydroxyl groups excluding tert-OH is 1. The predicted molar refractivity (Wildman–Crippen MR) is 99.3 cm³/mol. The van der Waals surface area contributed by atoms with Gasteiger partial charge in [0.15, 0.2) is 0 Å². The van der Waals surface area contributed by atoms with Crippen molar-refractivity contribution in [3.63, 3.8) is 0 Å². The molecule has 0 heterocycles. The minimum absolute atomic E-state index is 0.368. The van der Waals surface area contributed by atoms with E-state index in [0.29, 0.717) is 12.6 Å². The van der Waals surface area contributed by atoms with Crippen molar-refractivity contribution in [1.82, 2.24) is 4.90 Å². The van der Waals surface area contributed by atoms with Gasteiger partial charge in [0.2, 0.25) is 0 Å². The van der Waals surface area contributed by atoms with Crippen LogP contribution in [0.5, 0.6) is 11.5 Å². The van der Waals surface area contributed by atoms with Crippen molar-refractivity contribution in [2.24, 2.45) is 0 Å². The van der Waals surface area contributed by atoms with E-state index in [-0.39, 0.29) is 6.10 Å². The zero-order valence-electron chi connectivity index (χ0n) is 15.2. The van der Waals surface area contributed by atoms with Crippen molar-refractivity contribution >= 4 is 0 Å². The van der Waals surface area contributed by atoms with Crippen molar-refractivity contribution in [2.75, 3.05) is 20.8 Å². The zero-order valence-corrected chi connectivity index (χ0v) is 15.2. The van der Waals surface area contributed by atoms with Crippen LogP contribution in [-0.2, 0) is 19.4 Å². The van der Waals surface area contributed by atoms with Gasteiger partial charge in [-0.2, -0.15) is 0 Å². The Morgan fingerprint density at radius 3 is 2.32 bits per heavy atom. The lowest BCUT2D eigenvalue weighted by Crippen LogP contribution is -2.40. The molecule has 3 rings (SSSR count). The van der Waals surface area contributed by atoms with Crippen molar-refractivity contribution in [1.29, 1.82) is 0 Å². The molecule has 0 amide bonds. The Morgan fingerprint density at radius 2 is 1.76 bits per heavy atom. The fraction of sp³-hybridized carbons (Fsp3) is 0.429. The molecule has 1 N–H and O–H groups in total. The summed E-state index contributed by atoms with van der Waals surface area (Å²) in [4.78, 5) is 2.37. The second-order valence-electron chi connectivity index (χ2n) is 6.79. The number of aliphatic hydroxyl groups is 1. The molecule has 0 radical (unpaired) electrons. The third-order valence-electron chi connectivity index (χ3n) is 4.91. The second kappa shape index (κ2) is 7.89. The first-order valence-corrected chi connectivity index (χ1v) is 8.80. The molecule has 0 spiro atoms. The average molecular weight is 341 g/mol. The van der Waals surface area contributed by atoms with Gasteiger partial charge in [-0.1, -0.05) is 30.3 Å². The SMILES string of the molecule is COc1ccc(CN(CC(C)O)C2Cc3ccccc3C2)c(OC)c1. The zero-order chi connectivity index (χ0) is 17.8. The predicted octanol–water partition coefficient (Wildman–Crippen LogP) is 3.05. The Bertz CT molecular complexity index is 689. The Balaban J connectivity index is 1.81. The summed E-state index contributed by atoms with van der Waals surface area (Å²) < 4.78 is 10.8. The third-order valence-corrected chi connectivity index (χ3v) is 4.91. The number of ether oxygens (including phenoxy) is 2. The highest BCUT2D eigenvalue weighted by atomic mass is 16.5. The molecule has 1 aliphatic carbocycles. The summed E-state index contributed by atoms with van der Waals surface area (Å²) in [7, 11) is 3.34. The van der Waals surface area contributed by atoms with Crippen LogP contribution < -0.4 is 9.47 Å². The van der Waals surface area contributed by atoms with Crippen LogP contribution in [0.1, 0.15) is 23.6 Å². The van der Waals surface area contributed by atoms with E-state index in [0.717, 1.165) is 36.4 Å². The lowest BCUT2D eigenvalue weighted by atomic mass is 10.1. The second-order valence-corrected chi connectivity index (χ2v) is 6.79. The highest BCUT2D eigenvalue weighted by Gasteiger charge is 2.28. The van der Waals surface area contributed by atoms with Gasteiger partial charge in [0, 0.05) is 30.8 Å². The van der Waals surface area contributed by atoms with Crippen LogP contribution in [0.4, 0.5) is 0 Å². The number of methoxy groups -OCH3 is 2. The lowest BCUT2D eigenvalue weighted by Gasteiger charge is -2.30. The number of nitrogens with zero attached hydrogens (tertiary/aromatic N) is 1. The molecule has 4 nitrogen and oxygen atoms in total. The Kier molecular flexibility index (Phi) is 5.61. The first-order chi connectivity index (χ1) is 12.1. The van der Waals surface area contributed by atoms with E-state index < -0.39 is 0 Å². The summed E-state index contributed by atoms with van der Waals surface area (Å²) in [6.45, 7) is 3.24. The fourth-order valence-electron chi connectivity index (χ4n) is 3.68. The summed E-state index contributed by atoms with van der Waals surface area (Å²) in [5.74, 6) is 1.61. The molecule has 0 bridgehead atoms. The van der Waals surface area contributed by atoms with E-state index in [9.17, 15) is 5.11 Å². The topological polar surface area (TPSA) is 41.9 Å². The molecule has 2 aromatic carbocycles. The van der Waals surface area contributed by atoms with Gasteiger partial charge in [0.25, 0.3) is 0 Å². The van der Waals surface area contributed by atoms with E-state index in [1.54, 1.807) is 14.2 Å². The van der Waals surface area contributed by atoms with Gasteiger partial charge in [-0.25, -0.2) is 0 Å². The van der Waals surface area contributed by atoms with Gasteiger partial charge in [0.05, 0.1) is 20.3 Å². The largest absolute Gasteiger partial charge is 0.497 e. The van der Waals surface area contributed by atoms with E-state index in [4.69, 9.17) is 9.47 Å². The molecule has 2 aromatic rings. The van der Waals surface area contributed by atoms with E-state index >= 15 is 0 Å². The molecule has 1 atom stereocenters. The Labute approximate surface area is 150 Å². The first-order valence-electron chi connectivity index (χ1n) is 8.80. The number of fused-ring (bicyclic) bond motifs is 1. The number of benzene rings is 2. The standard InChI is InChI=1S/C21H27NO3/c1-15(23)13-22(19-10-16-6-4-5-7-17(16)11-19)14-18-8-9-20(24-2)12-21(18)25-3/h4-9,12,15,19,23H,10-11,13-14H2,1-3H3. The summed E-state index contributed by atoms with van der Waals surface area (Å²) in [5.41, 5.74) is 3.95. The molecule has 0 fully saturated rings. The molecular weight excluding hydrogens is 314 g/mol. The Morgan fingerprint density at radius 1 is 1.08 bits per heavy atom. The molecule has 4 heteroatoms. The molecule has 0 saturated carbocycles. The molecule has 0 aliphatic heterocycles. The fourth-order valence-corrected chi connectivity index (χ4v) is 3.68. The van der Waals surface area contributed by atoms with Gasteiger partial charge in [0.1, 0.15) is 11.5 Å². The minimum Gasteiger partial charge on any atom is -0.497 e. The van der Waals surface area contributed by atoms with Crippen molar-refractivity contribution in [3.8, 4) is 11.5 Å². The third kappa shape index (κ3) is 4.14. The minimum atomic E-state index is -0.368. The Hall–Kier alpha value is -2.04. The number of hydrogen-bond acceptors (Lipinski definition) is 4. The van der Waals surface area contributed by atoms with Crippen molar-refractivity contribution in [3.05, 3.63) is 59.2 Å². The molecule has 134 valence electrons. The highest BCUT2D eigenvalue weighted by molar-refractivity contribution is 5.41. The van der Waals surface area contributed by atoms with E-state index in [2.05, 4.69) is 35.2 Å². The average Bonchev–Trinajstić information content (AvgIpc) is 3.05. The van der Waals surface area contributed by atoms with Crippen molar-refractivity contribution < 1.29 is 14.6 Å². The van der Waals surface area contributed by atoms with Gasteiger partial charge in [-0.05, 0) is 37.0 Å². The van der Waals surface area contributed by atoms with E-state index in [1.165, 1.54) is 11.1 Å². The summed E-state index contributed by atoms with van der Waals surface area (Å²) in [6.07, 6.45) is 1.69. The van der Waals surface area contributed by atoms with Gasteiger partial charge < -0.3 is 14.6 Å². The van der Waals surface area contributed by atoms with Gasteiger partial charge in [-0.15, -0.1) is 0 Å². The first kappa shape index (κ1) is 17.8. The number of hydrogen-bond donors (Lipinski definition) is 1. The highest BCUT2D eigenvalue weighted by Crippen LogP contribution is 2.30. The van der Waals surface area contributed by atoms with Crippen LogP contribution in [0, 0.1) is 0 Å². The molecule has 25 heavy (non-hydrogen) atoms. The number of rotatable bonds is 7. The molecule has 0 aromatic heterocycles. The van der Waals surface area contributed by atoms with E-state index in [1.807, 2.05) is 19.1 Å². The van der Waals surface area contributed by atoms with Crippen LogP contribution in [0.2, 0.25) is 0 Å². The smallest absolute Gasteiger partial charge is 0.127 e. The van der Waals surface area contributed by atoms with Crippen LogP contribution >= 0.6 is 0 Å². The van der Waals surface area contributed by atoms with Crippen LogP contribution in [0.25, 0.3) is 0 Å². The van der Waals surface area contributed by atoms with Gasteiger partial charge >= 0.3 is 0 Å². The van der Waals surface area contributed by atoms with Crippen LogP contribution in [0.3, 0.4) is 0 Å². The quantitative estimate of drug-likeness (QED) is 0.840. The lowest BCUT2D eigenvalue weighted by molar-refractivity contribution is 0.0941. The summed E-state index contributed by atoms with van der Waals surface area (Å²) in [5, 5.41) is 9.99.